The van der Waals surface area contributed by atoms with E-state index in [1.165, 1.54) is 38.5 Å². The van der Waals surface area contributed by atoms with E-state index >= 15 is 0 Å². The molecule has 3 rings (SSSR count). The normalized spacial score (nSPS) is 18.9. The predicted octanol–water partition coefficient (Wildman–Crippen LogP) is 4.45. The lowest BCUT2D eigenvalue weighted by Crippen LogP contribution is -2.64. The third-order valence-corrected chi connectivity index (χ3v) is 4.28. The van der Waals surface area contributed by atoms with Crippen molar-refractivity contribution in [1.29, 1.82) is 0 Å². The number of ether oxygens (including phenoxy) is 2. The fourth-order valence-corrected chi connectivity index (χ4v) is 2.97. The van der Waals surface area contributed by atoms with E-state index in [-0.39, 0.29) is 17.0 Å². The molecule has 0 aromatic heterocycles. The minimum atomic E-state index is -4.66. The average molecular weight is 387 g/mol. The highest BCUT2D eigenvalue weighted by Gasteiger charge is 2.64. The predicted molar refractivity (Wildman–Crippen MR) is 86.2 cm³/mol. The summed E-state index contributed by atoms with van der Waals surface area (Å²) in [6.07, 6.45) is -4.66. The molecule has 0 spiro atoms. The molecule has 144 valence electrons. The van der Waals surface area contributed by atoms with Crippen LogP contribution in [0.3, 0.4) is 0 Å². The van der Waals surface area contributed by atoms with Gasteiger partial charge in [0.05, 0.1) is 19.8 Å². The number of β-lactam (4-membered cyclic amide) rings is 1. The molecular formula is C18H14F5NO3. The van der Waals surface area contributed by atoms with Crippen molar-refractivity contribution in [2.75, 3.05) is 19.1 Å². The van der Waals surface area contributed by atoms with Gasteiger partial charge >= 0.3 is 18.0 Å². The Morgan fingerprint density at radius 3 is 2.26 bits per heavy atom. The molecule has 2 aromatic carbocycles. The Balaban J connectivity index is 2.05. The Morgan fingerprint density at radius 1 is 1.00 bits per heavy atom. The minimum Gasteiger partial charge on any atom is -0.493 e. The fourth-order valence-electron chi connectivity index (χ4n) is 2.97. The van der Waals surface area contributed by atoms with Crippen molar-refractivity contribution < 1.29 is 36.2 Å². The molecule has 2 aromatic rings. The summed E-state index contributed by atoms with van der Waals surface area (Å²) in [4.78, 5) is 12.6. The number of alkyl halides is 5. The summed E-state index contributed by atoms with van der Waals surface area (Å²) in [5.74, 6) is -4.87. The standard InChI is InChI=1S/C18H14F5NO3/c1-26-13-7-6-10(8-14(13)27-2)15-17(19,20)16(25)24(15)12-5-3-4-11(9-12)18(21,22)23/h3-9,15H,1-2H3/t15-/m1/s1. The first kappa shape index (κ1) is 18.9. The number of hydrogen-bond donors (Lipinski definition) is 0. The molecule has 1 atom stereocenters. The van der Waals surface area contributed by atoms with Crippen LogP contribution in [-0.4, -0.2) is 26.0 Å². The monoisotopic (exact) mass is 387 g/mol. The highest BCUT2D eigenvalue weighted by Crippen LogP contribution is 2.51. The van der Waals surface area contributed by atoms with Crippen LogP contribution < -0.4 is 14.4 Å². The van der Waals surface area contributed by atoms with Gasteiger partial charge in [0.1, 0.15) is 6.04 Å². The van der Waals surface area contributed by atoms with Crippen LogP contribution >= 0.6 is 0 Å². The van der Waals surface area contributed by atoms with Crippen molar-refractivity contribution in [3.63, 3.8) is 0 Å². The maximum atomic E-state index is 14.3. The van der Waals surface area contributed by atoms with E-state index in [4.69, 9.17) is 9.47 Å². The van der Waals surface area contributed by atoms with Crippen molar-refractivity contribution >= 4 is 11.6 Å². The van der Waals surface area contributed by atoms with Gasteiger partial charge in [-0.25, -0.2) is 0 Å². The highest BCUT2D eigenvalue weighted by atomic mass is 19.4. The van der Waals surface area contributed by atoms with Gasteiger partial charge in [-0.1, -0.05) is 12.1 Å². The van der Waals surface area contributed by atoms with Crippen LogP contribution in [0.2, 0.25) is 0 Å². The molecule has 0 unspecified atom stereocenters. The van der Waals surface area contributed by atoms with E-state index in [9.17, 15) is 26.7 Å². The topological polar surface area (TPSA) is 38.8 Å². The number of methoxy groups -OCH3 is 2. The lowest BCUT2D eigenvalue weighted by molar-refractivity contribution is -0.162. The van der Waals surface area contributed by atoms with Crippen LogP contribution in [0, 0.1) is 0 Å². The Morgan fingerprint density at radius 2 is 1.67 bits per heavy atom. The number of anilines is 1. The number of benzene rings is 2. The molecule has 0 radical (unpaired) electrons. The molecule has 27 heavy (non-hydrogen) atoms. The summed E-state index contributed by atoms with van der Waals surface area (Å²) < 4.78 is 77.5. The van der Waals surface area contributed by atoms with Gasteiger partial charge in [-0.15, -0.1) is 0 Å². The van der Waals surface area contributed by atoms with Crippen LogP contribution in [0.5, 0.6) is 11.5 Å². The van der Waals surface area contributed by atoms with Crippen LogP contribution in [0.1, 0.15) is 17.2 Å². The maximum Gasteiger partial charge on any atom is 0.416 e. The maximum absolute atomic E-state index is 14.3. The summed E-state index contributed by atoms with van der Waals surface area (Å²) in [6, 6.07) is 5.92. The van der Waals surface area contributed by atoms with Crippen molar-refractivity contribution in [2.24, 2.45) is 0 Å². The number of carbonyl (C=O) groups excluding carboxylic acids is 1. The van der Waals surface area contributed by atoms with E-state index in [0.29, 0.717) is 16.7 Å². The Labute approximate surface area is 151 Å². The molecule has 0 N–H and O–H groups in total. The molecule has 1 fully saturated rings. The first-order valence-electron chi connectivity index (χ1n) is 7.72. The quantitative estimate of drug-likeness (QED) is 0.575. The van der Waals surface area contributed by atoms with Crippen molar-refractivity contribution in [1.82, 2.24) is 0 Å². The van der Waals surface area contributed by atoms with Crippen molar-refractivity contribution in [3.8, 4) is 11.5 Å². The zero-order valence-corrected chi connectivity index (χ0v) is 14.2. The van der Waals surface area contributed by atoms with Gasteiger partial charge in [0.2, 0.25) is 0 Å². The third kappa shape index (κ3) is 3.07. The summed E-state index contributed by atoms with van der Waals surface area (Å²) in [6.45, 7) is 0. The molecule has 4 nitrogen and oxygen atoms in total. The second-order valence-electron chi connectivity index (χ2n) is 5.86. The number of carbonyl (C=O) groups is 1. The summed E-state index contributed by atoms with van der Waals surface area (Å²) in [7, 11) is 2.68. The Bertz CT molecular complexity index is 882. The minimum absolute atomic E-state index is 0.00895. The number of amides is 1. The van der Waals surface area contributed by atoms with Crippen LogP contribution in [0.15, 0.2) is 42.5 Å². The molecule has 9 heteroatoms. The SMILES string of the molecule is COc1ccc([C@H]2N(c3cccc(C(F)(F)F)c3)C(=O)C2(F)F)cc1OC. The largest absolute Gasteiger partial charge is 0.493 e. The lowest BCUT2D eigenvalue weighted by Gasteiger charge is -2.46. The van der Waals surface area contributed by atoms with Gasteiger partial charge in [0.15, 0.2) is 11.5 Å². The van der Waals surface area contributed by atoms with Crippen LogP contribution in [-0.2, 0) is 11.0 Å². The van der Waals surface area contributed by atoms with E-state index in [2.05, 4.69) is 0 Å². The summed E-state index contributed by atoms with van der Waals surface area (Å²) in [5, 5.41) is 0. The molecular weight excluding hydrogens is 373 g/mol. The van der Waals surface area contributed by atoms with Crippen LogP contribution in [0.4, 0.5) is 27.6 Å². The Kier molecular flexibility index (Phi) is 4.49. The first-order chi connectivity index (χ1) is 12.6. The van der Waals surface area contributed by atoms with Gasteiger partial charge in [0.25, 0.3) is 0 Å². The van der Waals surface area contributed by atoms with Crippen molar-refractivity contribution in [2.45, 2.75) is 18.1 Å². The van der Waals surface area contributed by atoms with Gasteiger partial charge in [-0.3, -0.25) is 9.69 Å². The summed E-state index contributed by atoms with van der Waals surface area (Å²) in [5.41, 5.74) is -1.29. The number of nitrogens with zero attached hydrogens (tertiary/aromatic N) is 1. The van der Waals surface area contributed by atoms with E-state index in [1.807, 2.05) is 0 Å². The Hall–Kier alpha value is -2.84. The number of hydrogen-bond acceptors (Lipinski definition) is 3. The second-order valence-corrected chi connectivity index (χ2v) is 5.86. The van der Waals surface area contributed by atoms with Gasteiger partial charge in [-0.2, -0.15) is 22.0 Å². The van der Waals surface area contributed by atoms with E-state index in [1.54, 1.807) is 0 Å². The lowest BCUT2D eigenvalue weighted by atomic mass is 9.88. The molecule has 0 aliphatic carbocycles. The number of halogens is 5. The van der Waals surface area contributed by atoms with Gasteiger partial charge in [-0.05, 0) is 35.9 Å². The summed E-state index contributed by atoms with van der Waals surface area (Å²) >= 11 is 0. The number of rotatable bonds is 4. The zero-order valence-electron chi connectivity index (χ0n) is 14.2. The van der Waals surface area contributed by atoms with Crippen LogP contribution in [0.25, 0.3) is 0 Å². The molecule has 1 amide bonds. The smallest absolute Gasteiger partial charge is 0.416 e. The molecule has 1 aliphatic rings. The zero-order chi connectivity index (χ0) is 20.0. The fraction of sp³-hybridized carbons (Fsp3) is 0.278. The molecule has 1 aliphatic heterocycles. The van der Waals surface area contributed by atoms with Gasteiger partial charge < -0.3 is 9.47 Å². The molecule has 1 saturated heterocycles. The van der Waals surface area contributed by atoms with Gasteiger partial charge in [0, 0.05) is 5.69 Å². The third-order valence-electron chi connectivity index (χ3n) is 4.28. The molecule has 1 heterocycles. The average Bonchev–Trinajstić information content (AvgIpc) is 2.64. The second kappa shape index (κ2) is 6.40. The highest BCUT2D eigenvalue weighted by molar-refractivity contribution is 6.07. The first-order valence-corrected chi connectivity index (χ1v) is 7.72. The van der Waals surface area contributed by atoms with E-state index in [0.717, 1.165) is 12.1 Å². The molecule has 0 bridgehead atoms. The van der Waals surface area contributed by atoms with E-state index < -0.39 is 29.6 Å². The molecule has 0 saturated carbocycles. The van der Waals surface area contributed by atoms with Crippen molar-refractivity contribution in [3.05, 3.63) is 53.6 Å².